The predicted octanol–water partition coefficient (Wildman–Crippen LogP) is 3.77. The highest BCUT2D eigenvalue weighted by atomic mass is 32.1. The Kier molecular flexibility index (Phi) is 4.15. The Bertz CT molecular complexity index is 531. The van der Waals surface area contributed by atoms with Crippen molar-refractivity contribution in [2.45, 2.75) is 33.7 Å². The smallest absolute Gasteiger partial charge is 0.0798 e. The first-order valence-electron chi connectivity index (χ1n) is 6.34. The van der Waals surface area contributed by atoms with E-state index in [2.05, 4.69) is 56.2 Å². The SMILES string of the molecule is CCNC(c1cc(C)ccc1C)c1scnc1C. The molecule has 1 atom stereocenters. The number of benzene rings is 1. The summed E-state index contributed by atoms with van der Waals surface area (Å²) in [5, 5.41) is 3.58. The van der Waals surface area contributed by atoms with Gasteiger partial charge in [0.25, 0.3) is 0 Å². The van der Waals surface area contributed by atoms with Crippen LogP contribution in [0.4, 0.5) is 0 Å². The highest BCUT2D eigenvalue weighted by Crippen LogP contribution is 2.30. The number of nitrogens with one attached hydrogen (secondary N) is 1. The van der Waals surface area contributed by atoms with Crippen molar-refractivity contribution in [2.24, 2.45) is 0 Å². The lowest BCUT2D eigenvalue weighted by Gasteiger charge is -2.20. The molecule has 1 N–H and O–H groups in total. The van der Waals surface area contributed by atoms with Gasteiger partial charge >= 0.3 is 0 Å². The molecule has 0 bridgehead atoms. The molecule has 0 amide bonds. The number of nitrogens with zero attached hydrogens (tertiary/aromatic N) is 1. The van der Waals surface area contributed by atoms with Crippen LogP contribution in [-0.2, 0) is 0 Å². The second-order valence-electron chi connectivity index (χ2n) is 4.65. The van der Waals surface area contributed by atoms with Gasteiger partial charge in [-0.2, -0.15) is 0 Å². The minimum Gasteiger partial charge on any atom is -0.306 e. The van der Waals surface area contributed by atoms with Gasteiger partial charge in [0.15, 0.2) is 0 Å². The topological polar surface area (TPSA) is 24.9 Å². The average Bonchev–Trinajstić information content (AvgIpc) is 2.76. The summed E-state index contributed by atoms with van der Waals surface area (Å²) in [5.74, 6) is 0. The second-order valence-corrected chi connectivity index (χ2v) is 5.54. The fourth-order valence-corrected chi connectivity index (χ4v) is 3.10. The van der Waals surface area contributed by atoms with Crippen LogP contribution in [0.15, 0.2) is 23.7 Å². The molecule has 1 heterocycles. The van der Waals surface area contributed by atoms with E-state index in [1.165, 1.54) is 21.6 Å². The maximum absolute atomic E-state index is 4.38. The van der Waals surface area contributed by atoms with Gasteiger partial charge in [0.05, 0.1) is 17.2 Å². The summed E-state index contributed by atoms with van der Waals surface area (Å²) in [5.41, 5.74) is 7.07. The van der Waals surface area contributed by atoms with E-state index in [9.17, 15) is 0 Å². The molecule has 1 aromatic carbocycles. The molecule has 3 heteroatoms. The minimum absolute atomic E-state index is 0.266. The van der Waals surface area contributed by atoms with E-state index in [1.54, 1.807) is 11.3 Å². The zero-order valence-electron chi connectivity index (χ0n) is 11.4. The number of thiazole rings is 1. The van der Waals surface area contributed by atoms with E-state index < -0.39 is 0 Å². The molecule has 0 aliphatic rings. The van der Waals surface area contributed by atoms with Crippen molar-refractivity contribution in [3.63, 3.8) is 0 Å². The van der Waals surface area contributed by atoms with Crippen molar-refractivity contribution < 1.29 is 0 Å². The fourth-order valence-electron chi connectivity index (χ4n) is 2.21. The molecule has 1 unspecified atom stereocenters. The van der Waals surface area contributed by atoms with Crippen LogP contribution in [0.3, 0.4) is 0 Å². The van der Waals surface area contributed by atoms with Gasteiger partial charge in [-0.3, -0.25) is 0 Å². The third-order valence-corrected chi connectivity index (χ3v) is 4.19. The van der Waals surface area contributed by atoms with Gasteiger partial charge < -0.3 is 5.32 Å². The largest absolute Gasteiger partial charge is 0.306 e. The van der Waals surface area contributed by atoms with Crippen molar-refractivity contribution in [2.75, 3.05) is 6.54 Å². The average molecular weight is 260 g/mol. The summed E-state index contributed by atoms with van der Waals surface area (Å²) in [6.07, 6.45) is 0. The molecule has 0 saturated carbocycles. The highest BCUT2D eigenvalue weighted by Gasteiger charge is 2.19. The molecule has 1 aromatic heterocycles. The summed E-state index contributed by atoms with van der Waals surface area (Å²) in [7, 11) is 0. The number of aromatic nitrogens is 1. The predicted molar refractivity (Wildman–Crippen MR) is 78.3 cm³/mol. The molecule has 18 heavy (non-hydrogen) atoms. The van der Waals surface area contributed by atoms with Crippen LogP contribution < -0.4 is 5.32 Å². The molecule has 0 saturated heterocycles. The Morgan fingerprint density at radius 3 is 2.67 bits per heavy atom. The fraction of sp³-hybridized carbons (Fsp3) is 0.400. The Labute approximate surface area is 113 Å². The molecule has 0 aliphatic carbocycles. The van der Waals surface area contributed by atoms with Crippen LogP contribution in [0.1, 0.15) is 40.2 Å². The lowest BCUT2D eigenvalue weighted by atomic mass is 9.97. The summed E-state index contributed by atoms with van der Waals surface area (Å²) in [4.78, 5) is 5.70. The molecular formula is C15H20N2S. The van der Waals surface area contributed by atoms with Crippen LogP contribution >= 0.6 is 11.3 Å². The Morgan fingerprint density at radius 1 is 1.28 bits per heavy atom. The summed E-state index contributed by atoms with van der Waals surface area (Å²) in [6, 6.07) is 6.91. The normalized spacial score (nSPS) is 12.7. The van der Waals surface area contributed by atoms with Crippen molar-refractivity contribution >= 4 is 11.3 Å². The van der Waals surface area contributed by atoms with Crippen molar-refractivity contribution in [1.29, 1.82) is 0 Å². The monoisotopic (exact) mass is 260 g/mol. The first kappa shape index (κ1) is 13.2. The van der Waals surface area contributed by atoms with Crippen molar-refractivity contribution in [1.82, 2.24) is 10.3 Å². The van der Waals surface area contributed by atoms with E-state index in [0.717, 1.165) is 12.2 Å². The van der Waals surface area contributed by atoms with Crippen molar-refractivity contribution in [3.05, 3.63) is 51.0 Å². The summed E-state index contributed by atoms with van der Waals surface area (Å²) in [6.45, 7) is 9.51. The number of hydrogen-bond acceptors (Lipinski definition) is 3. The van der Waals surface area contributed by atoms with Gasteiger partial charge in [-0.15, -0.1) is 11.3 Å². The van der Waals surface area contributed by atoms with E-state index in [4.69, 9.17) is 0 Å². The van der Waals surface area contributed by atoms with Gasteiger partial charge in [-0.1, -0.05) is 30.7 Å². The quantitative estimate of drug-likeness (QED) is 0.905. The standard InChI is InChI=1S/C15H20N2S/c1-5-16-14(15-12(4)17-9-18-15)13-8-10(2)6-7-11(13)3/h6-9,14,16H,5H2,1-4H3. The summed E-state index contributed by atoms with van der Waals surface area (Å²) >= 11 is 1.73. The minimum atomic E-state index is 0.266. The molecule has 2 rings (SSSR count). The molecule has 0 radical (unpaired) electrons. The van der Waals surface area contributed by atoms with Gasteiger partial charge in [0.1, 0.15) is 0 Å². The first-order valence-corrected chi connectivity index (χ1v) is 7.22. The zero-order chi connectivity index (χ0) is 13.1. The highest BCUT2D eigenvalue weighted by molar-refractivity contribution is 7.09. The summed E-state index contributed by atoms with van der Waals surface area (Å²) < 4.78 is 0. The second kappa shape index (κ2) is 5.63. The lowest BCUT2D eigenvalue weighted by Crippen LogP contribution is -2.22. The molecule has 0 fully saturated rings. The molecule has 2 nitrogen and oxygen atoms in total. The molecule has 0 spiro atoms. The number of rotatable bonds is 4. The molecule has 0 aliphatic heterocycles. The Hall–Kier alpha value is -1.19. The molecule has 96 valence electrons. The van der Waals surface area contributed by atoms with Gasteiger partial charge in [-0.05, 0) is 38.4 Å². The van der Waals surface area contributed by atoms with E-state index in [-0.39, 0.29) is 6.04 Å². The first-order chi connectivity index (χ1) is 8.63. The Balaban J connectivity index is 2.48. The van der Waals surface area contributed by atoms with E-state index in [0.29, 0.717) is 0 Å². The lowest BCUT2D eigenvalue weighted by molar-refractivity contribution is 0.632. The van der Waals surface area contributed by atoms with Crippen LogP contribution in [0.5, 0.6) is 0 Å². The number of hydrogen-bond donors (Lipinski definition) is 1. The van der Waals surface area contributed by atoms with Crippen LogP contribution in [0, 0.1) is 20.8 Å². The Morgan fingerprint density at radius 2 is 2.06 bits per heavy atom. The third-order valence-electron chi connectivity index (χ3n) is 3.20. The third kappa shape index (κ3) is 2.62. The van der Waals surface area contributed by atoms with Gasteiger partial charge in [0, 0.05) is 4.88 Å². The number of aryl methyl sites for hydroxylation is 3. The van der Waals surface area contributed by atoms with E-state index in [1.807, 2.05) is 5.51 Å². The molecular weight excluding hydrogens is 240 g/mol. The van der Waals surface area contributed by atoms with Crippen LogP contribution in [-0.4, -0.2) is 11.5 Å². The van der Waals surface area contributed by atoms with Crippen molar-refractivity contribution in [3.8, 4) is 0 Å². The maximum Gasteiger partial charge on any atom is 0.0798 e. The van der Waals surface area contributed by atoms with Crippen LogP contribution in [0.2, 0.25) is 0 Å². The zero-order valence-corrected chi connectivity index (χ0v) is 12.3. The maximum atomic E-state index is 4.38. The van der Waals surface area contributed by atoms with Gasteiger partial charge in [-0.25, -0.2) is 4.98 Å². The van der Waals surface area contributed by atoms with Crippen LogP contribution in [0.25, 0.3) is 0 Å². The molecule has 2 aromatic rings. The van der Waals surface area contributed by atoms with Gasteiger partial charge in [0.2, 0.25) is 0 Å². The van der Waals surface area contributed by atoms with E-state index >= 15 is 0 Å².